The van der Waals surface area contributed by atoms with Crippen molar-refractivity contribution in [3.63, 3.8) is 0 Å². The minimum absolute atomic E-state index is 0.177. The van der Waals surface area contributed by atoms with Crippen LogP contribution in [0.15, 0.2) is 17.1 Å². The first-order chi connectivity index (χ1) is 8.58. The third kappa shape index (κ3) is 2.62. The molecule has 0 bridgehead atoms. The number of carbonyl (C=O) groups excluding carboxylic acids is 1. The van der Waals surface area contributed by atoms with Gasteiger partial charge >= 0.3 is 0 Å². The largest absolute Gasteiger partial charge is 0.346 e. The van der Waals surface area contributed by atoms with E-state index in [0.29, 0.717) is 5.56 Å². The van der Waals surface area contributed by atoms with Gasteiger partial charge < -0.3 is 10.3 Å². The number of amides is 1. The first-order valence-electron chi connectivity index (χ1n) is 5.33. The molecule has 2 aromatic heterocycles. The number of aryl methyl sites for hydroxylation is 2. The van der Waals surface area contributed by atoms with E-state index in [9.17, 15) is 9.59 Å². The van der Waals surface area contributed by atoms with Gasteiger partial charge in [0.05, 0.1) is 17.9 Å². The minimum atomic E-state index is -0.330. The lowest BCUT2D eigenvalue weighted by Crippen LogP contribution is -2.28. The predicted molar refractivity (Wildman–Crippen MR) is 67.6 cm³/mol. The molecule has 0 radical (unpaired) electrons. The summed E-state index contributed by atoms with van der Waals surface area (Å²) >= 11 is 0.969. The number of hydrogen-bond acceptors (Lipinski definition) is 5. The maximum Gasteiger partial charge on any atom is 0.272 e. The number of rotatable bonds is 3. The highest BCUT2D eigenvalue weighted by molar-refractivity contribution is 6.99. The van der Waals surface area contributed by atoms with Gasteiger partial charge in [-0.25, -0.2) is 0 Å². The average Bonchev–Trinajstić information content (AvgIpc) is 2.80. The molecule has 0 atom stereocenters. The number of aromatic amines is 1. The molecule has 1 amide bonds. The monoisotopic (exact) mass is 264 g/mol. The van der Waals surface area contributed by atoms with Crippen LogP contribution in [0.1, 0.15) is 27.3 Å². The summed E-state index contributed by atoms with van der Waals surface area (Å²) in [5.41, 5.74) is 2.30. The lowest BCUT2D eigenvalue weighted by Gasteiger charge is -2.06. The van der Waals surface area contributed by atoms with Crippen LogP contribution >= 0.6 is 11.7 Å². The number of H-pyrrole nitrogens is 1. The predicted octanol–water partition coefficient (Wildman–Crippen LogP) is 0.773. The molecule has 2 rings (SSSR count). The molecule has 0 saturated carbocycles. The minimum Gasteiger partial charge on any atom is -0.346 e. The van der Waals surface area contributed by atoms with Crippen LogP contribution in [0.5, 0.6) is 0 Å². The van der Waals surface area contributed by atoms with Crippen LogP contribution in [0.25, 0.3) is 0 Å². The number of nitrogens with zero attached hydrogens (tertiary/aromatic N) is 2. The summed E-state index contributed by atoms with van der Waals surface area (Å²) in [5.74, 6) is -0.330. The van der Waals surface area contributed by atoms with Crippen LogP contribution < -0.4 is 10.9 Å². The van der Waals surface area contributed by atoms with Crippen molar-refractivity contribution in [3.8, 4) is 0 Å². The zero-order valence-electron chi connectivity index (χ0n) is 9.98. The van der Waals surface area contributed by atoms with Crippen molar-refractivity contribution < 1.29 is 4.79 Å². The van der Waals surface area contributed by atoms with Crippen LogP contribution in [0.4, 0.5) is 0 Å². The first kappa shape index (κ1) is 12.4. The molecule has 0 aromatic carbocycles. The smallest absolute Gasteiger partial charge is 0.272 e. The van der Waals surface area contributed by atoms with Gasteiger partial charge in [0.2, 0.25) is 0 Å². The van der Waals surface area contributed by atoms with Crippen LogP contribution in [0, 0.1) is 13.8 Å². The second kappa shape index (κ2) is 5.09. The molecule has 0 fully saturated rings. The molecule has 0 saturated heterocycles. The van der Waals surface area contributed by atoms with Crippen LogP contribution in [-0.4, -0.2) is 19.6 Å². The van der Waals surface area contributed by atoms with E-state index >= 15 is 0 Å². The van der Waals surface area contributed by atoms with E-state index in [1.54, 1.807) is 0 Å². The molecule has 6 nitrogen and oxygen atoms in total. The highest BCUT2D eigenvalue weighted by Gasteiger charge is 2.10. The fraction of sp³-hybridized carbons (Fsp3) is 0.273. The quantitative estimate of drug-likeness (QED) is 0.857. The normalized spacial score (nSPS) is 10.3. The van der Waals surface area contributed by atoms with E-state index in [4.69, 9.17) is 0 Å². The zero-order valence-corrected chi connectivity index (χ0v) is 10.8. The third-order valence-corrected chi connectivity index (χ3v) is 2.99. The van der Waals surface area contributed by atoms with Gasteiger partial charge in [-0.1, -0.05) is 0 Å². The Morgan fingerprint density at radius 3 is 2.89 bits per heavy atom. The lowest BCUT2D eigenvalue weighted by atomic mass is 10.1. The number of carbonyl (C=O) groups is 1. The maximum atomic E-state index is 11.7. The molecule has 2 heterocycles. The van der Waals surface area contributed by atoms with Gasteiger partial charge in [-0.2, -0.15) is 8.75 Å². The Balaban J connectivity index is 2.12. The summed E-state index contributed by atoms with van der Waals surface area (Å²) in [6.45, 7) is 3.84. The number of nitrogens with one attached hydrogen (secondary N) is 2. The molecule has 0 aliphatic carbocycles. The maximum absolute atomic E-state index is 11.7. The molecule has 0 aliphatic heterocycles. The van der Waals surface area contributed by atoms with Crippen LogP contribution in [0.2, 0.25) is 0 Å². The van der Waals surface area contributed by atoms with Crippen molar-refractivity contribution in [1.82, 2.24) is 19.0 Å². The van der Waals surface area contributed by atoms with Crippen LogP contribution in [-0.2, 0) is 6.54 Å². The fourth-order valence-electron chi connectivity index (χ4n) is 1.63. The van der Waals surface area contributed by atoms with E-state index in [1.807, 2.05) is 19.9 Å². The van der Waals surface area contributed by atoms with Gasteiger partial charge in [0.25, 0.3) is 11.5 Å². The highest BCUT2D eigenvalue weighted by Crippen LogP contribution is 2.03. The molecule has 94 valence electrons. The SMILES string of the molecule is Cc1cc(C)c(CNC(=O)c2cnsn2)c(=O)[nH]1. The van der Waals surface area contributed by atoms with Crippen molar-refractivity contribution in [2.24, 2.45) is 0 Å². The first-order valence-corrected chi connectivity index (χ1v) is 6.06. The number of hydrogen-bond donors (Lipinski definition) is 2. The Labute approximate surface area is 107 Å². The second-order valence-corrected chi connectivity index (χ2v) is 4.48. The Hall–Kier alpha value is -2.02. The average molecular weight is 264 g/mol. The summed E-state index contributed by atoms with van der Waals surface area (Å²) in [7, 11) is 0. The number of pyridine rings is 1. The molecule has 2 N–H and O–H groups in total. The van der Waals surface area contributed by atoms with E-state index in [1.165, 1.54) is 6.20 Å². The molecule has 0 aliphatic rings. The van der Waals surface area contributed by atoms with Gasteiger partial charge in [0.1, 0.15) is 0 Å². The van der Waals surface area contributed by atoms with E-state index in [0.717, 1.165) is 23.0 Å². The Morgan fingerprint density at radius 2 is 2.28 bits per heavy atom. The standard InChI is InChI=1S/C11H12N4O2S/c1-6-3-7(2)14-10(16)8(6)4-12-11(17)9-5-13-18-15-9/h3,5H,4H2,1-2H3,(H,12,17)(H,14,16). The second-order valence-electron chi connectivity index (χ2n) is 3.92. The van der Waals surface area contributed by atoms with Gasteiger partial charge in [0.15, 0.2) is 5.69 Å². The van der Waals surface area contributed by atoms with Crippen molar-refractivity contribution in [1.29, 1.82) is 0 Å². The molecule has 0 unspecified atom stereocenters. The molecule has 0 spiro atoms. The Bertz CT molecular complexity index is 618. The highest BCUT2D eigenvalue weighted by atomic mass is 32.1. The number of aromatic nitrogens is 3. The van der Waals surface area contributed by atoms with Crippen molar-refractivity contribution in [2.45, 2.75) is 20.4 Å². The molecule has 18 heavy (non-hydrogen) atoms. The summed E-state index contributed by atoms with van der Waals surface area (Å²) < 4.78 is 7.57. The summed E-state index contributed by atoms with van der Waals surface area (Å²) in [4.78, 5) is 26.1. The summed E-state index contributed by atoms with van der Waals surface area (Å²) in [5, 5.41) is 2.65. The van der Waals surface area contributed by atoms with Crippen molar-refractivity contribution in [3.05, 3.63) is 45.1 Å². The molecule has 7 heteroatoms. The van der Waals surface area contributed by atoms with Crippen molar-refractivity contribution in [2.75, 3.05) is 0 Å². The fourth-order valence-corrected chi connectivity index (χ4v) is 2.04. The zero-order chi connectivity index (χ0) is 13.1. The Kier molecular flexibility index (Phi) is 3.52. The molecular formula is C11H12N4O2S. The molecular weight excluding hydrogens is 252 g/mol. The third-order valence-electron chi connectivity index (χ3n) is 2.51. The van der Waals surface area contributed by atoms with Gasteiger partial charge in [0, 0.05) is 17.8 Å². The van der Waals surface area contributed by atoms with Gasteiger partial charge in [-0.05, 0) is 25.5 Å². The lowest BCUT2D eigenvalue weighted by molar-refractivity contribution is 0.0946. The Morgan fingerprint density at radius 1 is 1.50 bits per heavy atom. The summed E-state index contributed by atoms with van der Waals surface area (Å²) in [6, 6.07) is 1.87. The topological polar surface area (TPSA) is 87.7 Å². The summed E-state index contributed by atoms with van der Waals surface area (Å²) in [6.07, 6.45) is 1.40. The van der Waals surface area contributed by atoms with Crippen molar-refractivity contribution >= 4 is 17.6 Å². The van der Waals surface area contributed by atoms with Gasteiger partial charge in [-0.3, -0.25) is 9.59 Å². The van der Waals surface area contributed by atoms with E-state index in [2.05, 4.69) is 19.0 Å². The van der Waals surface area contributed by atoms with Gasteiger partial charge in [-0.15, -0.1) is 0 Å². The van der Waals surface area contributed by atoms with Crippen LogP contribution in [0.3, 0.4) is 0 Å². The molecule has 2 aromatic rings. The van der Waals surface area contributed by atoms with E-state index < -0.39 is 0 Å². The van der Waals surface area contributed by atoms with E-state index in [-0.39, 0.29) is 23.7 Å².